The SMILES string of the molecule is C/C=C(\C)[Si](CCC)(NCCCC)[Si](CC)(CC)CC. The van der Waals surface area contributed by atoms with Crippen LogP contribution in [0.15, 0.2) is 11.3 Å². The van der Waals surface area contributed by atoms with Gasteiger partial charge in [-0.05, 0) is 32.9 Å². The maximum Gasteiger partial charge on any atom is 0.142 e. The molecule has 0 bridgehead atoms. The fourth-order valence-corrected chi connectivity index (χ4v) is 24.0. The van der Waals surface area contributed by atoms with E-state index >= 15 is 0 Å². The van der Waals surface area contributed by atoms with Crippen molar-refractivity contribution in [3.05, 3.63) is 11.3 Å². The Morgan fingerprint density at radius 2 is 1.50 bits per heavy atom. The van der Waals surface area contributed by atoms with Crippen molar-refractivity contribution in [2.75, 3.05) is 6.54 Å². The van der Waals surface area contributed by atoms with Gasteiger partial charge in [0.2, 0.25) is 0 Å². The van der Waals surface area contributed by atoms with E-state index in [2.05, 4.69) is 59.5 Å². The Kier molecular flexibility index (Phi) is 10.0. The molecule has 1 nitrogen and oxygen atoms in total. The van der Waals surface area contributed by atoms with Gasteiger partial charge in [-0.3, -0.25) is 0 Å². The van der Waals surface area contributed by atoms with Crippen LogP contribution in [0.4, 0.5) is 0 Å². The molecule has 0 fully saturated rings. The highest BCUT2D eigenvalue weighted by Crippen LogP contribution is 2.37. The average molecular weight is 314 g/mol. The molecule has 0 saturated heterocycles. The number of nitrogens with one attached hydrogen (secondary N) is 1. The number of unbranched alkanes of at least 4 members (excludes halogenated alkanes) is 1. The van der Waals surface area contributed by atoms with E-state index in [9.17, 15) is 0 Å². The summed E-state index contributed by atoms with van der Waals surface area (Å²) in [6.07, 6.45) is 6.41. The zero-order chi connectivity index (χ0) is 15.6. The predicted molar refractivity (Wildman–Crippen MR) is 100 cm³/mol. The molecule has 0 amide bonds. The lowest BCUT2D eigenvalue weighted by Crippen LogP contribution is -2.71. The van der Waals surface area contributed by atoms with E-state index in [-0.39, 0.29) is 0 Å². The molecule has 0 aromatic rings. The molecule has 0 aromatic carbocycles. The van der Waals surface area contributed by atoms with Gasteiger partial charge in [0.25, 0.3) is 0 Å². The first-order valence-electron chi connectivity index (χ1n) is 8.92. The van der Waals surface area contributed by atoms with Gasteiger partial charge in [-0.15, -0.1) is 0 Å². The van der Waals surface area contributed by atoms with Gasteiger partial charge >= 0.3 is 0 Å². The normalized spacial score (nSPS) is 16.2. The number of hydrogen-bond donors (Lipinski definition) is 1. The Morgan fingerprint density at radius 3 is 1.85 bits per heavy atom. The van der Waals surface area contributed by atoms with E-state index in [0.29, 0.717) is 0 Å². The molecule has 0 aliphatic rings. The summed E-state index contributed by atoms with van der Waals surface area (Å²) in [5, 5.41) is 1.74. The van der Waals surface area contributed by atoms with Gasteiger partial charge in [0, 0.05) is 0 Å². The van der Waals surface area contributed by atoms with Gasteiger partial charge in [0.05, 0.1) is 7.59 Å². The maximum absolute atomic E-state index is 4.21. The van der Waals surface area contributed by atoms with Crippen molar-refractivity contribution in [3.8, 4) is 0 Å². The fourth-order valence-electron chi connectivity index (χ4n) is 4.05. The van der Waals surface area contributed by atoms with Crippen molar-refractivity contribution < 1.29 is 0 Å². The lowest BCUT2D eigenvalue weighted by atomic mass is 10.3. The van der Waals surface area contributed by atoms with Crippen LogP contribution in [0.1, 0.15) is 67.7 Å². The van der Waals surface area contributed by atoms with Crippen molar-refractivity contribution >= 4 is 15.3 Å². The largest absolute Gasteiger partial charge is 0.336 e. The Hall–Kier alpha value is 0.134. The first-order chi connectivity index (χ1) is 9.53. The second-order valence-electron chi connectivity index (χ2n) is 6.25. The maximum atomic E-state index is 4.21. The summed E-state index contributed by atoms with van der Waals surface area (Å²) in [7, 11) is -2.66. The molecule has 0 rings (SSSR count). The molecular formula is C17H39NSi2. The number of hydrogen-bond acceptors (Lipinski definition) is 1. The fraction of sp³-hybridized carbons (Fsp3) is 0.882. The highest BCUT2D eigenvalue weighted by Gasteiger charge is 2.51. The van der Waals surface area contributed by atoms with Crippen LogP contribution in [0.3, 0.4) is 0 Å². The van der Waals surface area contributed by atoms with Crippen molar-refractivity contribution in [3.63, 3.8) is 0 Å². The molecule has 0 spiro atoms. The van der Waals surface area contributed by atoms with E-state index in [0.717, 1.165) is 0 Å². The van der Waals surface area contributed by atoms with Crippen molar-refractivity contribution in [1.29, 1.82) is 0 Å². The molecule has 0 aromatic heterocycles. The molecular weight excluding hydrogens is 274 g/mol. The molecule has 1 N–H and O–H groups in total. The van der Waals surface area contributed by atoms with Gasteiger partial charge in [0.15, 0.2) is 0 Å². The standard InChI is InChI=1S/C17H39NSi2/c1-8-14-15-18-20(16-9-2,17(7)10-3)19(11-4,12-5)13-6/h10,18H,8-9,11-16H2,1-7H3/b17-10+. The van der Waals surface area contributed by atoms with E-state index in [1.165, 1.54) is 50.0 Å². The summed E-state index contributed by atoms with van der Waals surface area (Å²) >= 11 is 0. The lowest BCUT2D eigenvalue weighted by molar-refractivity contribution is 0.751. The van der Waals surface area contributed by atoms with Gasteiger partial charge < -0.3 is 4.98 Å². The second kappa shape index (κ2) is 9.96. The van der Waals surface area contributed by atoms with Gasteiger partial charge in [-0.25, -0.2) is 0 Å². The second-order valence-corrected chi connectivity index (χ2v) is 20.1. The zero-order valence-corrected chi connectivity index (χ0v) is 17.2. The van der Waals surface area contributed by atoms with E-state index in [1.807, 2.05) is 0 Å². The zero-order valence-electron chi connectivity index (χ0n) is 15.2. The molecule has 1 atom stereocenters. The van der Waals surface area contributed by atoms with Crippen molar-refractivity contribution in [2.45, 2.75) is 91.9 Å². The van der Waals surface area contributed by atoms with E-state index in [1.54, 1.807) is 5.20 Å². The molecule has 0 radical (unpaired) electrons. The molecule has 20 heavy (non-hydrogen) atoms. The van der Waals surface area contributed by atoms with E-state index < -0.39 is 15.3 Å². The molecule has 0 heterocycles. The van der Waals surface area contributed by atoms with Crippen LogP contribution in [-0.2, 0) is 0 Å². The third-order valence-electron chi connectivity index (χ3n) is 5.62. The molecule has 1 unspecified atom stereocenters. The van der Waals surface area contributed by atoms with Gasteiger partial charge in [-0.2, -0.15) is 0 Å². The summed E-state index contributed by atoms with van der Waals surface area (Å²) < 4.78 is 0. The van der Waals surface area contributed by atoms with Gasteiger partial charge in [0.1, 0.15) is 7.75 Å². The monoisotopic (exact) mass is 313 g/mol. The topological polar surface area (TPSA) is 12.0 Å². The predicted octanol–water partition coefficient (Wildman–Crippen LogP) is 5.82. The summed E-state index contributed by atoms with van der Waals surface area (Å²) in [4.78, 5) is 4.21. The highest BCUT2D eigenvalue weighted by molar-refractivity contribution is 7.44. The van der Waals surface area contributed by atoms with Crippen LogP contribution in [-0.4, -0.2) is 21.9 Å². The van der Waals surface area contributed by atoms with E-state index in [4.69, 9.17) is 0 Å². The Labute approximate surface area is 130 Å². The summed E-state index contributed by atoms with van der Waals surface area (Å²) in [5.74, 6) is 0. The molecule has 3 heteroatoms. The van der Waals surface area contributed by atoms with Crippen LogP contribution >= 0.6 is 0 Å². The minimum atomic E-state index is -1.47. The Morgan fingerprint density at radius 1 is 0.950 bits per heavy atom. The first-order valence-corrected chi connectivity index (χ1v) is 14.7. The quantitative estimate of drug-likeness (QED) is 0.374. The number of rotatable bonds is 11. The third-order valence-corrected chi connectivity index (χ3v) is 26.3. The Balaban J connectivity index is 5.68. The Bertz CT molecular complexity index is 276. The lowest BCUT2D eigenvalue weighted by Gasteiger charge is -2.49. The molecule has 0 saturated carbocycles. The van der Waals surface area contributed by atoms with Crippen molar-refractivity contribution in [2.24, 2.45) is 0 Å². The smallest absolute Gasteiger partial charge is 0.142 e. The highest BCUT2D eigenvalue weighted by atomic mass is 29.3. The first kappa shape index (κ1) is 20.1. The average Bonchev–Trinajstić information content (AvgIpc) is 2.48. The molecule has 0 aliphatic carbocycles. The molecule has 120 valence electrons. The summed E-state index contributed by atoms with van der Waals surface area (Å²) in [6, 6.07) is 5.82. The van der Waals surface area contributed by atoms with Crippen LogP contribution in [0.5, 0.6) is 0 Å². The summed E-state index contributed by atoms with van der Waals surface area (Å²) in [5.41, 5.74) is 0. The summed E-state index contributed by atoms with van der Waals surface area (Å²) in [6.45, 7) is 18.0. The third kappa shape index (κ3) is 4.08. The van der Waals surface area contributed by atoms with Crippen LogP contribution in [0, 0.1) is 0 Å². The molecule has 0 aliphatic heterocycles. The van der Waals surface area contributed by atoms with Crippen LogP contribution < -0.4 is 4.98 Å². The van der Waals surface area contributed by atoms with Crippen molar-refractivity contribution in [1.82, 2.24) is 4.98 Å². The van der Waals surface area contributed by atoms with Crippen LogP contribution in [0.25, 0.3) is 0 Å². The minimum absolute atomic E-state index is 1.19. The number of allylic oxidation sites excluding steroid dienone is 2. The van der Waals surface area contributed by atoms with Crippen LogP contribution in [0.2, 0.25) is 24.2 Å². The van der Waals surface area contributed by atoms with Gasteiger partial charge in [-0.1, -0.05) is 76.9 Å². The minimum Gasteiger partial charge on any atom is -0.336 e.